The molecule has 0 spiro atoms. The zero-order valence-electron chi connectivity index (χ0n) is 12.1. The maximum atomic E-state index is 11.7. The fourth-order valence-electron chi connectivity index (χ4n) is 1.58. The fraction of sp³-hybridized carbons (Fsp3) is 0.357. The maximum Gasteiger partial charge on any atom is 0.408 e. The van der Waals surface area contributed by atoms with Crippen molar-refractivity contribution in [3.8, 4) is 0 Å². The molecule has 0 fully saturated rings. The first-order chi connectivity index (χ1) is 10.4. The minimum atomic E-state index is -1.25. The van der Waals surface area contributed by atoms with Crippen molar-refractivity contribution in [2.45, 2.75) is 25.7 Å². The van der Waals surface area contributed by atoms with Gasteiger partial charge in [0, 0.05) is 0 Å². The van der Waals surface area contributed by atoms with E-state index in [1.54, 1.807) is 24.3 Å². The van der Waals surface area contributed by atoms with Crippen LogP contribution in [0.2, 0.25) is 0 Å². The lowest BCUT2D eigenvalue weighted by Gasteiger charge is -2.20. The molecule has 22 heavy (non-hydrogen) atoms. The molecule has 0 saturated heterocycles. The van der Waals surface area contributed by atoms with Gasteiger partial charge in [0.1, 0.15) is 12.6 Å². The zero-order chi connectivity index (χ0) is 16.5. The van der Waals surface area contributed by atoms with Crippen LogP contribution in [0.5, 0.6) is 0 Å². The first-order valence-corrected chi connectivity index (χ1v) is 6.61. The van der Waals surface area contributed by atoms with Crippen molar-refractivity contribution in [3.05, 3.63) is 35.9 Å². The summed E-state index contributed by atoms with van der Waals surface area (Å²) in [6.07, 6.45) is -2.03. The summed E-state index contributed by atoms with van der Waals surface area (Å²) in [5, 5.41) is 14.0. The molecular formula is C14H19N3O5. The van der Waals surface area contributed by atoms with Crippen molar-refractivity contribution in [1.82, 2.24) is 10.6 Å². The minimum absolute atomic E-state index is 0.0299. The van der Waals surface area contributed by atoms with Gasteiger partial charge in [0.05, 0.1) is 12.6 Å². The Morgan fingerprint density at radius 2 is 1.91 bits per heavy atom. The number of carbonyl (C=O) groups is 3. The molecule has 0 aromatic heterocycles. The summed E-state index contributed by atoms with van der Waals surface area (Å²) in [6.45, 7) is 0.969. The fourth-order valence-corrected chi connectivity index (χ4v) is 1.58. The quantitative estimate of drug-likeness (QED) is 0.527. The van der Waals surface area contributed by atoms with Crippen LogP contribution in [-0.2, 0) is 20.9 Å². The van der Waals surface area contributed by atoms with E-state index in [2.05, 4.69) is 10.6 Å². The van der Waals surface area contributed by atoms with Crippen molar-refractivity contribution in [1.29, 1.82) is 0 Å². The molecule has 0 aliphatic rings. The van der Waals surface area contributed by atoms with Crippen LogP contribution in [0.3, 0.4) is 0 Å². The smallest absolute Gasteiger partial charge is 0.408 e. The molecule has 0 bridgehead atoms. The van der Waals surface area contributed by atoms with E-state index in [9.17, 15) is 19.5 Å². The number of aliphatic hydroxyl groups excluding tert-OH is 1. The average molecular weight is 309 g/mol. The Balaban J connectivity index is 2.50. The Hall–Kier alpha value is -2.61. The Morgan fingerprint density at radius 1 is 1.27 bits per heavy atom. The Morgan fingerprint density at radius 3 is 2.45 bits per heavy atom. The molecular weight excluding hydrogens is 290 g/mol. The molecule has 0 aliphatic carbocycles. The van der Waals surface area contributed by atoms with Crippen molar-refractivity contribution < 1.29 is 24.2 Å². The topological polar surface area (TPSA) is 131 Å². The Labute approximate surface area is 127 Å². The Kier molecular flexibility index (Phi) is 6.84. The lowest BCUT2D eigenvalue weighted by Crippen LogP contribution is -2.53. The van der Waals surface area contributed by atoms with Gasteiger partial charge in [-0.3, -0.25) is 9.59 Å². The molecule has 1 rings (SSSR count). The molecule has 0 saturated carbocycles. The van der Waals surface area contributed by atoms with Gasteiger partial charge >= 0.3 is 6.09 Å². The number of benzene rings is 1. The highest BCUT2D eigenvalue weighted by atomic mass is 16.5. The number of primary amides is 1. The van der Waals surface area contributed by atoms with Crippen LogP contribution in [0.1, 0.15) is 12.5 Å². The molecule has 8 nitrogen and oxygen atoms in total. The zero-order valence-corrected chi connectivity index (χ0v) is 12.1. The SMILES string of the molecule is CC(O)C(NC(=O)OCc1ccccc1)C(=O)NCC(N)=O. The highest BCUT2D eigenvalue weighted by molar-refractivity contribution is 5.89. The summed E-state index contributed by atoms with van der Waals surface area (Å²) in [7, 11) is 0. The van der Waals surface area contributed by atoms with Crippen molar-refractivity contribution in [2.75, 3.05) is 6.54 Å². The first-order valence-electron chi connectivity index (χ1n) is 6.61. The van der Waals surface area contributed by atoms with Gasteiger partial charge in [0.25, 0.3) is 0 Å². The van der Waals surface area contributed by atoms with Crippen LogP contribution in [0.4, 0.5) is 4.79 Å². The molecule has 2 atom stereocenters. The van der Waals surface area contributed by atoms with E-state index >= 15 is 0 Å². The molecule has 8 heteroatoms. The van der Waals surface area contributed by atoms with Gasteiger partial charge in [0.2, 0.25) is 11.8 Å². The molecule has 1 aromatic rings. The number of ether oxygens (including phenoxy) is 1. The van der Waals surface area contributed by atoms with Gasteiger partial charge in [-0.2, -0.15) is 0 Å². The number of hydrogen-bond donors (Lipinski definition) is 4. The van der Waals surface area contributed by atoms with E-state index in [1.807, 2.05) is 6.07 Å². The Bertz CT molecular complexity index is 518. The van der Waals surface area contributed by atoms with Crippen LogP contribution >= 0.6 is 0 Å². The second kappa shape index (κ2) is 8.63. The predicted molar refractivity (Wildman–Crippen MR) is 77.4 cm³/mol. The van der Waals surface area contributed by atoms with Gasteiger partial charge in [0.15, 0.2) is 0 Å². The number of rotatable bonds is 7. The minimum Gasteiger partial charge on any atom is -0.445 e. The monoisotopic (exact) mass is 309 g/mol. The molecule has 0 radical (unpaired) electrons. The lowest BCUT2D eigenvalue weighted by atomic mass is 10.1. The van der Waals surface area contributed by atoms with E-state index in [0.29, 0.717) is 0 Å². The number of hydrogen-bond acceptors (Lipinski definition) is 5. The molecule has 3 amide bonds. The summed E-state index contributed by atoms with van der Waals surface area (Å²) in [5.41, 5.74) is 5.68. The summed E-state index contributed by atoms with van der Waals surface area (Å²) in [5.74, 6) is -1.46. The largest absolute Gasteiger partial charge is 0.445 e. The molecule has 1 aromatic carbocycles. The standard InChI is InChI=1S/C14H19N3O5/c1-9(18)12(13(20)16-7-11(15)19)17-14(21)22-8-10-5-3-2-4-6-10/h2-6,9,12,18H,7-8H2,1H3,(H2,15,19)(H,16,20)(H,17,21). The number of alkyl carbamates (subject to hydrolysis) is 1. The number of carbonyl (C=O) groups excluding carboxylic acids is 3. The van der Waals surface area contributed by atoms with Crippen molar-refractivity contribution in [3.63, 3.8) is 0 Å². The molecule has 2 unspecified atom stereocenters. The summed E-state index contributed by atoms with van der Waals surface area (Å²) in [6, 6.07) is 7.73. The molecule has 0 heterocycles. The van der Waals surface area contributed by atoms with Gasteiger partial charge in [-0.05, 0) is 12.5 Å². The maximum absolute atomic E-state index is 11.7. The van der Waals surface area contributed by atoms with Crippen LogP contribution in [0, 0.1) is 0 Å². The van der Waals surface area contributed by atoms with Crippen LogP contribution in [-0.4, -0.2) is 41.7 Å². The van der Waals surface area contributed by atoms with E-state index in [4.69, 9.17) is 10.5 Å². The van der Waals surface area contributed by atoms with E-state index in [0.717, 1.165) is 5.56 Å². The first kappa shape index (κ1) is 17.4. The summed E-state index contributed by atoms with van der Waals surface area (Å²) in [4.78, 5) is 34.0. The third kappa shape index (κ3) is 6.23. The average Bonchev–Trinajstić information content (AvgIpc) is 2.49. The number of amides is 3. The van der Waals surface area contributed by atoms with Crippen LogP contribution < -0.4 is 16.4 Å². The number of nitrogens with one attached hydrogen (secondary N) is 2. The highest BCUT2D eigenvalue weighted by Gasteiger charge is 2.26. The van der Waals surface area contributed by atoms with Crippen molar-refractivity contribution in [2.24, 2.45) is 5.73 Å². The van der Waals surface area contributed by atoms with E-state index < -0.39 is 30.1 Å². The van der Waals surface area contributed by atoms with Crippen molar-refractivity contribution >= 4 is 17.9 Å². The second-order valence-electron chi connectivity index (χ2n) is 4.61. The van der Waals surface area contributed by atoms with Gasteiger partial charge in [-0.15, -0.1) is 0 Å². The molecule has 0 aliphatic heterocycles. The third-order valence-electron chi connectivity index (χ3n) is 2.69. The summed E-state index contributed by atoms with van der Waals surface area (Å²) >= 11 is 0. The van der Waals surface area contributed by atoms with Gasteiger partial charge in [-0.1, -0.05) is 30.3 Å². The normalized spacial score (nSPS) is 12.8. The third-order valence-corrected chi connectivity index (χ3v) is 2.69. The van der Waals surface area contributed by atoms with Crippen LogP contribution in [0.25, 0.3) is 0 Å². The van der Waals surface area contributed by atoms with E-state index in [-0.39, 0.29) is 13.2 Å². The molecule has 120 valence electrons. The predicted octanol–water partition coefficient (Wildman–Crippen LogP) is -0.736. The van der Waals surface area contributed by atoms with Gasteiger partial charge < -0.3 is 26.2 Å². The van der Waals surface area contributed by atoms with Crippen LogP contribution in [0.15, 0.2) is 30.3 Å². The van der Waals surface area contributed by atoms with E-state index in [1.165, 1.54) is 6.92 Å². The number of aliphatic hydroxyl groups is 1. The van der Waals surface area contributed by atoms with Gasteiger partial charge in [-0.25, -0.2) is 4.79 Å². The second-order valence-corrected chi connectivity index (χ2v) is 4.61. The summed E-state index contributed by atoms with van der Waals surface area (Å²) < 4.78 is 4.95. The highest BCUT2D eigenvalue weighted by Crippen LogP contribution is 2.01. The molecule has 5 N–H and O–H groups in total. The lowest BCUT2D eigenvalue weighted by molar-refractivity contribution is -0.128. The number of nitrogens with two attached hydrogens (primary N) is 1.